The van der Waals surface area contributed by atoms with Crippen molar-refractivity contribution in [2.24, 2.45) is 5.92 Å². The molecule has 18 heavy (non-hydrogen) atoms. The molecule has 0 aromatic carbocycles. The van der Waals surface area contributed by atoms with Crippen LogP contribution in [0, 0.1) is 5.92 Å². The predicted molar refractivity (Wildman–Crippen MR) is 70.2 cm³/mol. The van der Waals surface area contributed by atoms with Crippen molar-refractivity contribution in [3.8, 4) is 0 Å². The Hall–Kier alpha value is -1.14. The Morgan fingerprint density at radius 1 is 1.17 bits per heavy atom. The summed E-state index contributed by atoms with van der Waals surface area (Å²) in [6.07, 6.45) is 0. The van der Waals surface area contributed by atoms with E-state index < -0.39 is 11.8 Å². The van der Waals surface area contributed by atoms with Gasteiger partial charge in [-0.15, -0.1) is 0 Å². The number of rotatable bonds is 5. The lowest BCUT2D eigenvalue weighted by Gasteiger charge is -2.26. The van der Waals surface area contributed by atoms with E-state index in [0.29, 0.717) is 19.0 Å². The molecule has 0 bridgehead atoms. The third-order valence-corrected chi connectivity index (χ3v) is 2.80. The molecule has 3 N–H and O–H groups in total. The standard InChI is InChI=1S/C12H24N4O2/c1-10(2)9-15-12(18)11(17)14-5-8-16-6-3-13-4-7-16/h10,13H,3-9H2,1-2H3,(H,14,17)(H,15,18). The quantitative estimate of drug-likeness (QED) is 0.539. The molecule has 0 aromatic rings. The second-order valence-electron chi connectivity index (χ2n) is 4.95. The maximum atomic E-state index is 11.4. The molecule has 0 unspecified atom stereocenters. The van der Waals surface area contributed by atoms with Crippen LogP contribution in [0.4, 0.5) is 0 Å². The number of carbonyl (C=O) groups excluding carboxylic acids is 2. The molecule has 6 nitrogen and oxygen atoms in total. The lowest BCUT2D eigenvalue weighted by Crippen LogP contribution is -2.48. The molecule has 0 radical (unpaired) electrons. The van der Waals surface area contributed by atoms with E-state index in [4.69, 9.17) is 0 Å². The fraction of sp³-hybridized carbons (Fsp3) is 0.833. The van der Waals surface area contributed by atoms with Crippen molar-refractivity contribution in [1.29, 1.82) is 0 Å². The van der Waals surface area contributed by atoms with Crippen LogP contribution in [0.5, 0.6) is 0 Å². The first-order chi connectivity index (χ1) is 8.59. The number of hydrogen-bond acceptors (Lipinski definition) is 4. The molecule has 2 amide bonds. The number of carbonyl (C=O) groups is 2. The monoisotopic (exact) mass is 256 g/mol. The summed E-state index contributed by atoms with van der Waals surface area (Å²) < 4.78 is 0. The molecule has 0 saturated carbocycles. The van der Waals surface area contributed by atoms with E-state index in [1.165, 1.54) is 0 Å². The molecule has 0 spiro atoms. The van der Waals surface area contributed by atoms with E-state index in [1.54, 1.807) is 0 Å². The highest BCUT2D eigenvalue weighted by Gasteiger charge is 2.14. The first-order valence-corrected chi connectivity index (χ1v) is 6.58. The topological polar surface area (TPSA) is 73.5 Å². The molecule has 0 aliphatic carbocycles. The Kier molecular flexibility index (Phi) is 6.67. The third-order valence-electron chi connectivity index (χ3n) is 2.80. The minimum atomic E-state index is -0.538. The molecule has 0 aromatic heterocycles. The minimum absolute atomic E-state index is 0.350. The van der Waals surface area contributed by atoms with Crippen LogP contribution < -0.4 is 16.0 Å². The molecule has 0 atom stereocenters. The van der Waals surface area contributed by atoms with Crippen LogP contribution in [0.1, 0.15) is 13.8 Å². The van der Waals surface area contributed by atoms with E-state index in [0.717, 1.165) is 32.7 Å². The Morgan fingerprint density at radius 2 is 1.78 bits per heavy atom. The van der Waals surface area contributed by atoms with Crippen LogP contribution in [-0.4, -0.2) is 62.5 Å². The van der Waals surface area contributed by atoms with Crippen molar-refractivity contribution in [1.82, 2.24) is 20.9 Å². The van der Waals surface area contributed by atoms with Gasteiger partial charge in [-0.3, -0.25) is 14.5 Å². The Bertz CT molecular complexity index is 275. The summed E-state index contributed by atoms with van der Waals surface area (Å²) in [5.74, 6) is -0.725. The van der Waals surface area contributed by atoms with Gasteiger partial charge in [0.15, 0.2) is 0 Å². The van der Waals surface area contributed by atoms with Gasteiger partial charge in [0.2, 0.25) is 0 Å². The van der Waals surface area contributed by atoms with Crippen LogP contribution in [0.15, 0.2) is 0 Å². The summed E-state index contributed by atoms with van der Waals surface area (Å²) in [6, 6.07) is 0. The van der Waals surface area contributed by atoms with E-state index >= 15 is 0 Å². The summed E-state index contributed by atoms with van der Waals surface area (Å²) >= 11 is 0. The van der Waals surface area contributed by atoms with Gasteiger partial charge in [-0.05, 0) is 5.92 Å². The van der Waals surface area contributed by atoms with Crippen LogP contribution in [0.2, 0.25) is 0 Å². The minimum Gasteiger partial charge on any atom is -0.348 e. The van der Waals surface area contributed by atoms with Gasteiger partial charge < -0.3 is 16.0 Å². The predicted octanol–water partition coefficient (Wildman–Crippen LogP) is -1.22. The van der Waals surface area contributed by atoms with Crippen molar-refractivity contribution in [3.63, 3.8) is 0 Å². The van der Waals surface area contributed by atoms with Crippen LogP contribution >= 0.6 is 0 Å². The molecule has 1 rings (SSSR count). The summed E-state index contributed by atoms with van der Waals surface area (Å²) in [5.41, 5.74) is 0. The molecule has 1 fully saturated rings. The fourth-order valence-electron chi connectivity index (χ4n) is 1.72. The number of piperazine rings is 1. The van der Waals surface area contributed by atoms with Crippen molar-refractivity contribution < 1.29 is 9.59 Å². The number of nitrogens with one attached hydrogen (secondary N) is 3. The number of amides is 2. The second kappa shape index (κ2) is 8.05. The normalized spacial score (nSPS) is 16.6. The maximum absolute atomic E-state index is 11.4. The SMILES string of the molecule is CC(C)CNC(=O)C(=O)NCCN1CCNCC1. The summed E-state index contributed by atoms with van der Waals surface area (Å²) in [4.78, 5) is 25.1. The van der Waals surface area contributed by atoms with Crippen LogP contribution in [-0.2, 0) is 9.59 Å². The summed E-state index contributed by atoms with van der Waals surface area (Å²) in [5, 5.41) is 8.50. The van der Waals surface area contributed by atoms with Crippen LogP contribution in [0.25, 0.3) is 0 Å². The first-order valence-electron chi connectivity index (χ1n) is 6.58. The molecular formula is C12H24N4O2. The lowest BCUT2D eigenvalue weighted by molar-refractivity contribution is -0.139. The van der Waals surface area contributed by atoms with Crippen molar-refractivity contribution in [3.05, 3.63) is 0 Å². The van der Waals surface area contributed by atoms with Gasteiger partial charge in [0.1, 0.15) is 0 Å². The molecule has 1 saturated heterocycles. The van der Waals surface area contributed by atoms with E-state index in [-0.39, 0.29) is 0 Å². The highest BCUT2D eigenvalue weighted by Crippen LogP contribution is 1.90. The van der Waals surface area contributed by atoms with Gasteiger partial charge in [0, 0.05) is 45.8 Å². The van der Waals surface area contributed by atoms with Gasteiger partial charge in [0.25, 0.3) is 0 Å². The Labute approximate surface area is 108 Å². The largest absolute Gasteiger partial charge is 0.348 e. The van der Waals surface area contributed by atoms with Gasteiger partial charge in [-0.1, -0.05) is 13.8 Å². The number of hydrogen-bond donors (Lipinski definition) is 3. The van der Waals surface area contributed by atoms with Gasteiger partial charge in [-0.25, -0.2) is 0 Å². The Morgan fingerprint density at radius 3 is 2.39 bits per heavy atom. The van der Waals surface area contributed by atoms with E-state index in [1.807, 2.05) is 13.8 Å². The zero-order valence-corrected chi connectivity index (χ0v) is 11.3. The Balaban J connectivity index is 2.10. The zero-order valence-electron chi connectivity index (χ0n) is 11.3. The highest BCUT2D eigenvalue weighted by molar-refractivity contribution is 6.35. The van der Waals surface area contributed by atoms with Crippen molar-refractivity contribution in [2.75, 3.05) is 45.8 Å². The zero-order chi connectivity index (χ0) is 13.4. The summed E-state index contributed by atoms with van der Waals surface area (Å²) in [6.45, 7) is 9.80. The molecule has 6 heteroatoms. The van der Waals surface area contributed by atoms with Crippen molar-refractivity contribution >= 4 is 11.8 Å². The molecular weight excluding hydrogens is 232 g/mol. The average molecular weight is 256 g/mol. The lowest BCUT2D eigenvalue weighted by atomic mass is 10.2. The number of nitrogens with zero attached hydrogens (tertiary/aromatic N) is 1. The summed E-state index contributed by atoms with van der Waals surface area (Å²) in [7, 11) is 0. The van der Waals surface area contributed by atoms with Crippen molar-refractivity contribution in [2.45, 2.75) is 13.8 Å². The first kappa shape index (κ1) is 14.9. The maximum Gasteiger partial charge on any atom is 0.309 e. The molecule has 1 heterocycles. The fourth-order valence-corrected chi connectivity index (χ4v) is 1.72. The van der Waals surface area contributed by atoms with Gasteiger partial charge >= 0.3 is 11.8 Å². The highest BCUT2D eigenvalue weighted by atomic mass is 16.2. The average Bonchev–Trinajstić information content (AvgIpc) is 2.37. The molecule has 104 valence electrons. The van der Waals surface area contributed by atoms with E-state index in [2.05, 4.69) is 20.9 Å². The van der Waals surface area contributed by atoms with E-state index in [9.17, 15) is 9.59 Å². The third kappa shape index (κ3) is 5.97. The molecule has 1 aliphatic heterocycles. The smallest absolute Gasteiger partial charge is 0.309 e. The molecule has 1 aliphatic rings. The second-order valence-corrected chi connectivity index (χ2v) is 4.95. The van der Waals surface area contributed by atoms with Gasteiger partial charge in [-0.2, -0.15) is 0 Å². The van der Waals surface area contributed by atoms with Gasteiger partial charge in [0.05, 0.1) is 0 Å². The van der Waals surface area contributed by atoms with Crippen LogP contribution in [0.3, 0.4) is 0 Å².